The van der Waals surface area contributed by atoms with Crippen molar-refractivity contribution in [3.8, 4) is 0 Å². The number of hydrogen-bond donors (Lipinski definition) is 1. The topological polar surface area (TPSA) is 43.8 Å². The molecule has 4 heteroatoms. The van der Waals surface area contributed by atoms with E-state index in [9.17, 15) is 9.90 Å². The smallest absolute Gasteiger partial charge is 0.239 e. The number of nitrogens with zero attached hydrogens (tertiary/aromatic N) is 2. The number of carbonyl (C=O) groups excluding carboxylic acids is 1. The molecule has 0 radical (unpaired) electrons. The first-order valence-corrected chi connectivity index (χ1v) is 7.70. The van der Waals surface area contributed by atoms with Gasteiger partial charge in [-0.3, -0.25) is 9.69 Å². The van der Waals surface area contributed by atoms with Crippen molar-refractivity contribution >= 4 is 5.91 Å². The van der Waals surface area contributed by atoms with E-state index in [0.717, 1.165) is 44.8 Å². The second-order valence-corrected chi connectivity index (χ2v) is 6.51. The predicted octanol–water partition coefficient (Wildman–Crippen LogP) is 1.34. The minimum Gasteiger partial charge on any atom is -0.392 e. The van der Waals surface area contributed by atoms with Crippen molar-refractivity contribution in [2.24, 2.45) is 11.8 Å². The average molecular weight is 268 g/mol. The van der Waals surface area contributed by atoms with Crippen molar-refractivity contribution in [1.29, 1.82) is 0 Å². The lowest BCUT2D eigenvalue weighted by molar-refractivity contribution is -0.139. The van der Waals surface area contributed by atoms with E-state index in [1.54, 1.807) is 0 Å². The Hall–Kier alpha value is -0.610. The number of β-amino-alcohol motifs (C(OH)–C–C–N with tert-alkyl or cyclic N) is 1. The van der Waals surface area contributed by atoms with E-state index < -0.39 is 0 Å². The highest BCUT2D eigenvalue weighted by atomic mass is 16.3. The molecule has 2 aliphatic rings. The number of carbonyl (C=O) groups is 1. The molecule has 3 unspecified atom stereocenters. The number of hydrogen-bond acceptors (Lipinski definition) is 3. The summed E-state index contributed by atoms with van der Waals surface area (Å²) >= 11 is 0. The van der Waals surface area contributed by atoms with Gasteiger partial charge in [-0.2, -0.15) is 0 Å². The summed E-state index contributed by atoms with van der Waals surface area (Å²) in [6, 6.07) is -0.0874. The predicted molar refractivity (Wildman–Crippen MR) is 75.8 cm³/mol. The Balaban J connectivity index is 1.88. The summed E-state index contributed by atoms with van der Waals surface area (Å²) in [4.78, 5) is 16.6. The number of aliphatic hydroxyl groups excluding tert-OH is 1. The number of likely N-dealkylation sites (tertiary alicyclic amines) is 2. The maximum Gasteiger partial charge on any atom is 0.239 e. The highest BCUT2D eigenvalue weighted by molar-refractivity contribution is 5.81. The van der Waals surface area contributed by atoms with Gasteiger partial charge in [0.25, 0.3) is 0 Å². The summed E-state index contributed by atoms with van der Waals surface area (Å²) < 4.78 is 0. The van der Waals surface area contributed by atoms with Gasteiger partial charge in [0.15, 0.2) is 0 Å². The molecule has 1 N–H and O–H groups in total. The molecule has 110 valence electrons. The third kappa shape index (κ3) is 3.48. The molecule has 0 saturated carbocycles. The zero-order valence-electron chi connectivity index (χ0n) is 12.5. The van der Waals surface area contributed by atoms with Crippen LogP contribution in [0.3, 0.4) is 0 Å². The summed E-state index contributed by atoms with van der Waals surface area (Å²) in [5, 5.41) is 9.96. The van der Waals surface area contributed by atoms with Gasteiger partial charge in [0.2, 0.25) is 5.91 Å². The largest absolute Gasteiger partial charge is 0.392 e. The van der Waals surface area contributed by atoms with Crippen LogP contribution in [0.15, 0.2) is 0 Å². The van der Waals surface area contributed by atoms with E-state index >= 15 is 0 Å². The summed E-state index contributed by atoms with van der Waals surface area (Å²) in [6.07, 6.45) is 2.94. The average Bonchev–Trinajstić information content (AvgIpc) is 2.41. The van der Waals surface area contributed by atoms with Gasteiger partial charge >= 0.3 is 0 Å². The Bertz CT molecular complexity index is 313. The normalized spacial score (nSPS) is 32.3. The van der Waals surface area contributed by atoms with Crippen molar-refractivity contribution in [1.82, 2.24) is 9.80 Å². The maximum atomic E-state index is 12.5. The zero-order valence-corrected chi connectivity index (χ0v) is 12.5. The SMILES string of the molecule is CC1CCN(C(=O)C(C)N2CCC(C)C(O)C2)CC1. The number of amides is 1. The van der Waals surface area contributed by atoms with Crippen LogP contribution >= 0.6 is 0 Å². The number of piperidine rings is 2. The van der Waals surface area contributed by atoms with Crippen LogP contribution < -0.4 is 0 Å². The quantitative estimate of drug-likeness (QED) is 0.822. The molecule has 2 heterocycles. The molecule has 2 fully saturated rings. The molecule has 2 saturated heterocycles. The summed E-state index contributed by atoms with van der Waals surface area (Å²) in [7, 11) is 0. The monoisotopic (exact) mass is 268 g/mol. The van der Waals surface area contributed by atoms with Crippen LogP contribution in [0.2, 0.25) is 0 Å². The summed E-state index contributed by atoms with van der Waals surface area (Å²) in [5.74, 6) is 1.35. The second-order valence-electron chi connectivity index (χ2n) is 6.51. The van der Waals surface area contributed by atoms with Gasteiger partial charge in [-0.1, -0.05) is 13.8 Å². The van der Waals surface area contributed by atoms with Crippen LogP contribution in [0, 0.1) is 11.8 Å². The fraction of sp³-hybridized carbons (Fsp3) is 0.933. The molecule has 19 heavy (non-hydrogen) atoms. The van der Waals surface area contributed by atoms with Crippen LogP contribution in [0.5, 0.6) is 0 Å². The van der Waals surface area contributed by atoms with Gasteiger partial charge in [-0.15, -0.1) is 0 Å². The van der Waals surface area contributed by atoms with Crippen LogP contribution in [0.1, 0.15) is 40.0 Å². The van der Waals surface area contributed by atoms with E-state index in [4.69, 9.17) is 0 Å². The van der Waals surface area contributed by atoms with Crippen LogP contribution in [0.4, 0.5) is 0 Å². The Morgan fingerprint density at radius 2 is 1.79 bits per heavy atom. The van der Waals surface area contributed by atoms with Crippen LogP contribution in [0.25, 0.3) is 0 Å². The molecule has 1 amide bonds. The highest BCUT2D eigenvalue weighted by Gasteiger charge is 2.32. The fourth-order valence-electron chi connectivity index (χ4n) is 3.07. The van der Waals surface area contributed by atoms with Gasteiger partial charge in [-0.25, -0.2) is 0 Å². The highest BCUT2D eigenvalue weighted by Crippen LogP contribution is 2.21. The standard InChI is InChI=1S/C15H28N2O2/c1-11-4-7-16(8-5-11)15(19)13(3)17-9-6-12(2)14(18)10-17/h11-14,18H,4-10H2,1-3H3. The van der Waals surface area contributed by atoms with Crippen molar-refractivity contribution in [3.63, 3.8) is 0 Å². The Labute approximate surface area is 116 Å². The molecule has 0 aromatic carbocycles. The van der Waals surface area contributed by atoms with Gasteiger partial charge in [0, 0.05) is 19.6 Å². The molecule has 0 aliphatic carbocycles. The zero-order chi connectivity index (χ0) is 14.0. The minimum atomic E-state index is -0.287. The first-order chi connectivity index (χ1) is 8.99. The number of aliphatic hydroxyl groups is 1. The summed E-state index contributed by atoms with van der Waals surface area (Å²) in [6.45, 7) is 9.69. The second kappa shape index (κ2) is 6.23. The van der Waals surface area contributed by atoms with Gasteiger partial charge in [0.05, 0.1) is 12.1 Å². The Morgan fingerprint density at radius 3 is 2.37 bits per heavy atom. The third-order valence-electron chi connectivity index (χ3n) is 4.95. The molecule has 0 spiro atoms. The van der Waals surface area contributed by atoms with E-state index in [0.29, 0.717) is 12.5 Å². The molecule has 2 aliphatic heterocycles. The van der Waals surface area contributed by atoms with Gasteiger partial charge < -0.3 is 10.0 Å². The maximum absolute atomic E-state index is 12.5. The van der Waals surface area contributed by atoms with E-state index in [1.165, 1.54) is 0 Å². The lowest BCUT2D eigenvalue weighted by Gasteiger charge is -2.40. The molecule has 0 aromatic rings. The van der Waals surface area contributed by atoms with Gasteiger partial charge in [-0.05, 0) is 44.6 Å². The molecule has 0 bridgehead atoms. The van der Waals surface area contributed by atoms with E-state index in [-0.39, 0.29) is 18.1 Å². The molecular weight excluding hydrogens is 240 g/mol. The Morgan fingerprint density at radius 1 is 1.16 bits per heavy atom. The fourth-order valence-corrected chi connectivity index (χ4v) is 3.07. The van der Waals surface area contributed by atoms with Crippen LogP contribution in [-0.4, -0.2) is 59.1 Å². The first-order valence-electron chi connectivity index (χ1n) is 7.70. The molecule has 3 atom stereocenters. The molecule has 2 rings (SSSR count). The molecular formula is C15H28N2O2. The van der Waals surface area contributed by atoms with Crippen molar-refractivity contribution in [3.05, 3.63) is 0 Å². The van der Waals surface area contributed by atoms with Gasteiger partial charge in [0.1, 0.15) is 0 Å². The lowest BCUT2D eigenvalue weighted by Crippen LogP contribution is -2.54. The van der Waals surface area contributed by atoms with E-state index in [2.05, 4.69) is 18.7 Å². The Kier molecular flexibility index (Phi) is 4.85. The lowest BCUT2D eigenvalue weighted by atomic mass is 9.94. The van der Waals surface area contributed by atoms with Crippen molar-refractivity contribution in [2.75, 3.05) is 26.2 Å². The third-order valence-corrected chi connectivity index (χ3v) is 4.95. The van der Waals surface area contributed by atoms with E-state index in [1.807, 2.05) is 11.8 Å². The number of rotatable bonds is 2. The molecule has 4 nitrogen and oxygen atoms in total. The van der Waals surface area contributed by atoms with Crippen LogP contribution in [-0.2, 0) is 4.79 Å². The van der Waals surface area contributed by atoms with Crippen molar-refractivity contribution in [2.45, 2.75) is 52.2 Å². The molecule has 0 aromatic heterocycles. The summed E-state index contributed by atoms with van der Waals surface area (Å²) in [5.41, 5.74) is 0. The van der Waals surface area contributed by atoms with Crippen molar-refractivity contribution < 1.29 is 9.90 Å². The minimum absolute atomic E-state index is 0.0874. The first kappa shape index (κ1) is 14.8.